The summed E-state index contributed by atoms with van der Waals surface area (Å²) in [6.45, 7) is 0.457. The second kappa shape index (κ2) is 6.29. The number of nitrogens with one attached hydrogen (secondary N) is 1. The zero-order valence-corrected chi connectivity index (χ0v) is 15.0. The molecule has 146 valence electrons. The molecule has 28 heavy (non-hydrogen) atoms. The van der Waals surface area contributed by atoms with E-state index in [0.717, 1.165) is 5.56 Å². The zero-order chi connectivity index (χ0) is 19.3. The molecule has 1 fully saturated rings. The fourth-order valence-corrected chi connectivity index (χ4v) is 3.81. The Labute approximate surface area is 159 Å². The molecular formula is C19H18F2N4O3. The molecule has 4 heterocycles. The maximum Gasteiger partial charge on any atom is 0.270 e. The van der Waals surface area contributed by atoms with Gasteiger partial charge in [0.15, 0.2) is 11.5 Å². The number of aromatic nitrogens is 2. The van der Waals surface area contributed by atoms with Gasteiger partial charge in [-0.25, -0.2) is 18.7 Å². The minimum atomic E-state index is -2.74. The van der Waals surface area contributed by atoms with Crippen LogP contribution in [0.25, 0.3) is 0 Å². The number of amides is 1. The minimum absolute atomic E-state index is 0.182. The van der Waals surface area contributed by atoms with E-state index >= 15 is 0 Å². The van der Waals surface area contributed by atoms with Crippen LogP contribution in [0.2, 0.25) is 0 Å². The van der Waals surface area contributed by atoms with Crippen molar-refractivity contribution in [3.8, 4) is 11.5 Å². The molecule has 7 nitrogen and oxygen atoms in total. The van der Waals surface area contributed by atoms with Crippen LogP contribution in [0.4, 0.5) is 14.6 Å². The number of hydrogen-bond donors (Lipinski definition) is 1. The van der Waals surface area contributed by atoms with Gasteiger partial charge in [0.05, 0.1) is 6.54 Å². The number of ether oxygens (including phenoxy) is 2. The van der Waals surface area contributed by atoms with Crippen molar-refractivity contribution in [2.75, 3.05) is 31.3 Å². The lowest BCUT2D eigenvalue weighted by Crippen LogP contribution is -2.36. The molecule has 1 amide bonds. The number of anilines is 1. The number of benzene rings is 1. The first-order chi connectivity index (χ1) is 13.5. The van der Waals surface area contributed by atoms with Crippen molar-refractivity contribution in [1.82, 2.24) is 15.3 Å². The third-order valence-corrected chi connectivity index (χ3v) is 5.18. The van der Waals surface area contributed by atoms with Gasteiger partial charge in [0, 0.05) is 31.5 Å². The van der Waals surface area contributed by atoms with Crippen LogP contribution < -0.4 is 19.7 Å². The Hall–Kier alpha value is -2.97. The molecule has 0 spiro atoms. The summed E-state index contributed by atoms with van der Waals surface area (Å²) in [5.74, 6) is -0.843. The molecule has 0 saturated carbocycles. The number of carbonyl (C=O) groups excluding carboxylic acids is 1. The Morgan fingerprint density at radius 2 is 2.07 bits per heavy atom. The third kappa shape index (κ3) is 3.00. The van der Waals surface area contributed by atoms with Gasteiger partial charge in [-0.15, -0.1) is 0 Å². The SMILES string of the molecule is O=C1NCCc2c1nc(Cc1ccc3c(c1)OCO3)nc2N1CCC(F)(F)C1. The van der Waals surface area contributed by atoms with Crippen LogP contribution in [-0.4, -0.2) is 48.2 Å². The number of rotatable bonds is 3. The topological polar surface area (TPSA) is 76.6 Å². The molecule has 1 saturated heterocycles. The van der Waals surface area contributed by atoms with Gasteiger partial charge in [0.25, 0.3) is 11.8 Å². The van der Waals surface area contributed by atoms with Crippen molar-refractivity contribution in [3.63, 3.8) is 0 Å². The molecule has 3 aliphatic rings. The lowest BCUT2D eigenvalue weighted by molar-refractivity contribution is 0.0256. The summed E-state index contributed by atoms with van der Waals surface area (Å²) in [7, 11) is 0. The molecule has 0 aliphatic carbocycles. The maximum atomic E-state index is 13.8. The van der Waals surface area contributed by atoms with E-state index in [1.54, 1.807) is 4.90 Å². The van der Waals surface area contributed by atoms with Crippen molar-refractivity contribution in [2.24, 2.45) is 0 Å². The van der Waals surface area contributed by atoms with E-state index in [1.165, 1.54) is 0 Å². The molecule has 0 bridgehead atoms. The van der Waals surface area contributed by atoms with Gasteiger partial charge in [-0.3, -0.25) is 4.79 Å². The minimum Gasteiger partial charge on any atom is -0.454 e. The van der Waals surface area contributed by atoms with Crippen molar-refractivity contribution in [1.29, 1.82) is 0 Å². The Kier molecular flexibility index (Phi) is 3.85. The first kappa shape index (κ1) is 17.2. The van der Waals surface area contributed by atoms with Gasteiger partial charge in [0.2, 0.25) is 6.79 Å². The monoisotopic (exact) mass is 388 g/mol. The molecule has 0 radical (unpaired) electrons. The van der Waals surface area contributed by atoms with E-state index in [2.05, 4.69) is 15.3 Å². The summed E-state index contributed by atoms with van der Waals surface area (Å²) in [6, 6.07) is 5.53. The van der Waals surface area contributed by atoms with Crippen LogP contribution in [0.15, 0.2) is 18.2 Å². The van der Waals surface area contributed by atoms with E-state index in [-0.39, 0.29) is 37.9 Å². The lowest BCUT2D eigenvalue weighted by Gasteiger charge is -2.25. The normalized spacial score (nSPS) is 19.5. The Balaban J connectivity index is 1.52. The molecule has 3 aliphatic heterocycles. The molecule has 1 N–H and O–H groups in total. The van der Waals surface area contributed by atoms with E-state index in [4.69, 9.17) is 9.47 Å². The number of nitrogens with zero attached hydrogens (tertiary/aromatic N) is 3. The van der Waals surface area contributed by atoms with Crippen LogP contribution in [0.3, 0.4) is 0 Å². The Morgan fingerprint density at radius 1 is 1.21 bits per heavy atom. The van der Waals surface area contributed by atoms with Gasteiger partial charge in [-0.05, 0) is 24.1 Å². The molecule has 1 aromatic heterocycles. The van der Waals surface area contributed by atoms with Crippen LogP contribution in [0, 0.1) is 0 Å². The van der Waals surface area contributed by atoms with Crippen LogP contribution in [0.5, 0.6) is 11.5 Å². The van der Waals surface area contributed by atoms with Gasteiger partial charge in [-0.2, -0.15) is 0 Å². The molecule has 9 heteroatoms. The summed E-state index contributed by atoms with van der Waals surface area (Å²) in [6.07, 6.45) is 0.673. The summed E-state index contributed by atoms with van der Waals surface area (Å²) in [5, 5.41) is 2.76. The number of carbonyl (C=O) groups is 1. The highest BCUT2D eigenvalue weighted by Crippen LogP contribution is 2.35. The fourth-order valence-electron chi connectivity index (χ4n) is 3.81. The average Bonchev–Trinajstić information content (AvgIpc) is 3.27. The highest BCUT2D eigenvalue weighted by atomic mass is 19.3. The Morgan fingerprint density at radius 3 is 2.89 bits per heavy atom. The van der Waals surface area contributed by atoms with Crippen molar-refractivity contribution in [2.45, 2.75) is 25.2 Å². The van der Waals surface area contributed by atoms with E-state index in [1.807, 2.05) is 18.2 Å². The number of alkyl halides is 2. The van der Waals surface area contributed by atoms with Gasteiger partial charge in [-0.1, -0.05) is 6.07 Å². The largest absolute Gasteiger partial charge is 0.454 e. The third-order valence-electron chi connectivity index (χ3n) is 5.18. The zero-order valence-electron chi connectivity index (χ0n) is 15.0. The number of hydrogen-bond acceptors (Lipinski definition) is 6. The van der Waals surface area contributed by atoms with Crippen molar-refractivity contribution >= 4 is 11.7 Å². The average molecular weight is 388 g/mol. The lowest BCUT2D eigenvalue weighted by atomic mass is 10.0. The highest BCUT2D eigenvalue weighted by Gasteiger charge is 2.40. The Bertz CT molecular complexity index is 966. The molecule has 5 rings (SSSR count). The van der Waals surface area contributed by atoms with Gasteiger partial charge >= 0.3 is 0 Å². The number of halogens is 2. The van der Waals surface area contributed by atoms with E-state index in [0.29, 0.717) is 48.1 Å². The van der Waals surface area contributed by atoms with Gasteiger partial charge in [0.1, 0.15) is 17.3 Å². The first-order valence-corrected chi connectivity index (χ1v) is 9.18. The fraction of sp³-hybridized carbons (Fsp3) is 0.421. The summed E-state index contributed by atoms with van der Waals surface area (Å²) in [5.41, 5.74) is 1.82. The highest BCUT2D eigenvalue weighted by molar-refractivity contribution is 5.96. The van der Waals surface area contributed by atoms with Crippen LogP contribution in [-0.2, 0) is 12.8 Å². The second-order valence-electron chi connectivity index (χ2n) is 7.19. The van der Waals surface area contributed by atoms with Crippen molar-refractivity contribution < 1.29 is 23.0 Å². The molecule has 2 aromatic rings. The maximum absolute atomic E-state index is 13.8. The summed E-state index contributed by atoms with van der Waals surface area (Å²) >= 11 is 0. The standard InChI is InChI=1S/C19H18F2N4O3/c20-19(21)4-6-25(9-19)17-12-3-5-22-18(26)16(12)23-15(24-17)8-11-1-2-13-14(7-11)28-10-27-13/h1-2,7H,3-6,8-10H2,(H,22,26). The van der Waals surface area contributed by atoms with Crippen LogP contribution in [0.1, 0.15) is 33.9 Å². The van der Waals surface area contributed by atoms with Crippen LogP contribution >= 0.6 is 0 Å². The van der Waals surface area contributed by atoms with Gasteiger partial charge < -0.3 is 19.7 Å². The quantitative estimate of drug-likeness (QED) is 0.866. The second-order valence-corrected chi connectivity index (χ2v) is 7.19. The van der Waals surface area contributed by atoms with E-state index in [9.17, 15) is 13.6 Å². The van der Waals surface area contributed by atoms with Crippen molar-refractivity contribution in [3.05, 3.63) is 40.8 Å². The smallest absolute Gasteiger partial charge is 0.270 e. The molecule has 1 aromatic carbocycles. The van der Waals surface area contributed by atoms with E-state index < -0.39 is 5.92 Å². The first-order valence-electron chi connectivity index (χ1n) is 9.18. The summed E-state index contributed by atoms with van der Waals surface area (Å²) in [4.78, 5) is 22.9. The predicted octanol–water partition coefficient (Wildman–Crippen LogP) is 1.93. The molecular weight excluding hydrogens is 370 g/mol. The molecule has 0 atom stereocenters. The molecule has 0 unspecified atom stereocenters. The number of fused-ring (bicyclic) bond motifs is 2. The predicted molar refractivity (Wildman–Crippen MR) is 95.2 cm³/mol. The summed E-state index contributed by atoms with van der Waals surface area (Å²) < 4.78 is 38.3.